The SMILES string of the molecule is Cc1cc(N=Nc2c(S(=O)(=O)O)cc3cc(N=Nc4c(Nc5ccccc5)ccc5c(O)c(N=Nc6ccc7c(O)c(N=Nc8ccccc8S(=O)(=O)O)c(SOOO)cc7c6)c(SOOO)cc45)ccc3c2O)c(OCCCSOOO)cc1N=Nc1cc(S(=O)(=O)O)cc2cc(S(=O)(=O)O)cc(O)c12. The van der Waals surface area contributed by atoms with Gasteiger partial charge in [-0.3, -0.25) is 18.2 Å². The van der Waals surface area contributed by atoms with E-state index in [2.05, 4.69) is 80.2 Å². The largest absolute Gasteiger partial charge is 0.507 e. The standard InChI is InChI=1S/C62H47N11O26S7/c1-31-20-47(50(93-18-7-19-100-97-94-78)30-46(31)67-69-48-27-38(103(81,82)83)23-34-24-39(104(84,85)86)28-49(74)55(34)48)68-73-59-54(106(90,91)92)26-33-22-37(13-15-41(33)61(59)76)64-70-56-43-29-52(102-99-96-80)58(62(77)42(43)16-17-45(56)63-35-8-3-2-4-9-35)71-65-36-12-14-40-32(21-36)25-51(101-98-95-79)57(60(40)75)72-66-44-10-5-6-11-53(44)105(87,88)89/h2-6,8-17,20-30,63,74-80H,7,18-19H2,1H3,(H,81,82,83)(H,84,85,86)(H,87,88,89)(H,90,91,92). The predicted molar refractivity (Wildman–Crippen MR) is 379 cm³/mol. The molecule has 0 saturated carbocycles. The van der Waals surface area contributed by atoms with E-state index in [9.17, 15) is 77.6 Å². The molecular weight excluding hydrogens is 1540 g/mol. The van der Waals surface area contributed by atoms with E-state index in [1.807, 2.05) is 0 Å². The molecule has 0 amide bonds. The lowest BCUT2D eigenvalue weighted by Gasteiger charge is -2.15. The topological polar surface area (TPSA) is 559 Å². The molecule has 106 heavy (non-hydrogen) atoms. The Kier molecular flexibility index (Phi) is 23.5. The fourth-order valence-corrected chi connectivity index (χ4v) is 13.9. The summed E-state index contributed by atoms with van der Waals surface area (Å²) in [5.41, 5.74) is -0.940. The Morgan fingerprint density at radius 3 is 1.58 bits per heavy atom. The van der Waals surface area contributed by atoms with E-state index in [0.717, 1.165) is 30.3 Å². The van der Waals surface area contributed by atoms with Gasteiger partial charge in [0, 0.05) is 57.2 Å². The van der Waals surface area contributed by atoms with Crippen LogP contribution in [0.4, 0.5) is 68.2 Å². The number of anilines is 2. The number of azo groups is 5. The second-order valence-electron chi connectivity index (χ2n) is 21.7. The molecule has 0 saturated heterocycles. The number of aromatic hydroxyl groups is 4. The lowest BCUT2D eigenvalue weighted by molar-refractivity contribution is -0.432. The molecule has 0 bridgehead atoms. The Balaban J connectivity index is 0.944. The average Bonchev–Trinajstić information content (AvgIpc) is 0.780. The minimum atomic E-state index is -5.29. The molecule has 0 aliphatic rings. The molecule has 0 fully saturated rings. The number of nitrogens with zero attached hydrogens (tertiary/aromatic N) is 10. The monoisotopic (exact) mass is 1590 g/mol. The van der Waals surface area contributed by atoms with Crippen LogP contribution < -0.4 is 10.1 Å². The fraction of sp³-hybridized carbons (Fsp3) is 0.0645. The van der Waals surface area contributed by atoms with Gasteiger partial charge in [-0.05, 0) is 150 Å². The zero-order valence-corrected chi connectivity index (χ0v) is 58.7. The van der Waals surface area contributed by atoms with Gasteiger partial charge in [-0.2, -0.15) is 49.0 Å². The Labute approximate surface area is 608 Å². The third-order valence-corrected chi connectivity index (χ3v) is 20.2. The average molecular weight is 1590 g/mol. The smallest absolute Gasteiger partial charge is 0.296 e. The summed E-state index contributed by atoms with van der Waals surface area (Å²) in [6.45, 7) is 1.36. The van der Waals surface area contributed by atoms with Crippen LogP contribution in [0.1, 0.15) is 12.0 Å². The lowest BCUT2D eigenvalue weighted by atomic mass is 10.0. The van der Waals surface area contributed by atoms with Crippen LogP contribution in [0.2, 0.25) is 0 Å². The fourth-order valence-electron chi connectivity index (χ4n) is 10.2. The van der Waals surface area contributed by atoms with Crippen LogP contribution in [0.15, 0.2) is 238 Å². The minimum Gasteiger partial charge on any atom is -0.507 e. The molecule has 0 aromatic heterocycles. The molecule has 0 spiro atoms. The second kappa shape index (κ2) is 32.5. The van der Waals surface area contributed by atoms with Gasteiger partial charge in [0.1, 0.15) is 55.4 Å². The van der Waals surface area contributed by atoms with Gasteiger partial charge in [0.25, 0.3) is 40.5 Å². The first-order valence-electron chi connectivity index (χ1n) is 29.3. The Bertz CT molecular complexity index is 5950. The van der Waals surface area contributed by atoms with Gasteiger partial charge >= 0.3 is 0 Å². The van der Waals surface area contributed by atoms with Crippen LogP contribution in [0.3, 0.4) is 0 Å². The molecule has 548 valence electrons. The predicted octanol–water partition coefficient (Wildman–Crippen LogP) is 17.9. The molecule has 44 heteroatoms. The number of nitrogens with one attached hydrogen (secondary N) is 1. The Morgan fingerprint density at radius 2 is 0.953 bits per heavy atom. The normalized spacial score (nSPS) is 12.7. The summed E-state index contributed by atoms with van der Waals surface area (Å²) in [7, 11) is -20.0. The summed E-state index contributed by atoms with van der Waals surface area (Å²) in [6.07, 6.45) is 0.208. The molecule has 37 nitrogen and oxygen atoms in total. The van der Waals surface area contributed by atoms with E-state index in [1.165, 1.54) is 91.9 Å². The number of phenols is 4. The molecule has 0 unspecified atom stereocenters. The molecule has 12 N–H and O–H groups in total. The number of fused-ring (bicyclic) bond motifs is 4. The van der Waals surface area contributed by atoms with E-state index in [0.29, 0.717) is 53.6 Å². The van der Waals surface area contributed by atoms with Crippen molar-refractivity contribution in [2.45, 2.75) is 42.7 Å². The quantitative estimate of drug-likeness (QED) is 0.00517. The van der Waals surface area contributed by atoms with Gasteiger partial charge < -0.3 is 30.5 Å². The lowest BCUT2D eigenvalue weighted by Crippen LogP contribution is -2.00. The highest BCUT2D eigenvalue weighted by molar-refractivity contribution is 7.95. The van der Waals surface area contributed by atoms with Crippen molar-refractivity contribution < 1.29 is 121 Å². The van der Waals surface area contributed by atoms with Crippen molar-refractivity contribution in [2.24, 2.45) is 51.1 Å². The van der Waals surface area contributed by atoms with Crippen molar-refractivity contribution in [3.05, 3.63) is 163 Å². The number of hydrogen-bond donors (Lipinski definition) is 12. The first kappa shape index (κ1) is 76.7. The van der Waals surface area contributed by atoms with Crippen molar-refractivity contribution in [3.8, 4) is 28.7 Å². The molecular formula is C62H47N11O26S7. The molecule has 11 aromatic rings. The van der Waals surface area contributed by atoms with E-state index in [4.69, 9.17) is 19.6 Å². The van der Waals surface area contributed by atoms with Gasteiger partial charge in [0.2, 0.25) is 0 Å². The van der Waals surface area contributed by atoms with Gasteiger partial charge in [0.05, 0.1) is 84.1 Å². The summed E-state index contributed by atoms with van der Waals surface area (Å²) >= 11 is 1.45. The van der Waals surface area contributed by atoms with Crippen molar-refractivity contribution in [3.63, 3.8) is 0 Å². The van der Waals surface area contributed by atoms with Gasteiger partial charge in [-0.1, -0.05) is 45.4 Å². The molecule has 11 rings (SSSR count). The van der Waals surface area contributed by atoms with Crippen LogP contribution in [0, 0.1) is 6.92 Å². The first-order chi connectivity index (χ1) is 50.5. The van der Waals surface area contributed by atoms with Crippen molar-refractivity contribution >= 4 is 188 Å². The van der Waals surface area contributed by atoms with E-state index >= 15 is 0 Å². The van der Waals surface area contributed by atoms with Crippen LogP contribution in [-0.4, -0.2) is 100 Å². The molecule has 11 aromatic carbocycles. The number of hydrogen-bond acceptors (Lipinski definition) is 36. The van der Waals surface area contributed by atoms with Crippen molar-refractivity contribution in [1.29, 1.82) is 0 Å². The van der Waals surface area contributed by atoms with Crippen LogP contribution in [0.25, 0.3) is 43.1 Å². The molecule has 0 radical (unpaired) electrons. The maximum Gasteiger partial charge on any atom is 0.296 e. The molecule has 0 atom stereocenters. The van der Waals surface area contributed by atoms with Gasteiger partial charge in [0.15, 0.2) is 17.2 Å². The zero-order chi connectivity index (χ0) is 75.8. The number of para-hydroxylation sites is 1. The van der Waals surface area contributed by atoms with Crippen LogP contribution in [0.5, 0.6) is 28.7 Å². The summed E-state index contributed by atoms with van der Waals surface area (Å²) in [6, 6.07) is 34.7. The number of phenolic OH excluding ortho intramolecular Hbond substituents is 4. The highest BCUT2D eigenvalue weighted by Crippen LogP contribution is 2.51. The van der Waals surface area contributed by atoms with E-state index in [-0.39, 0.29) is 128 Å². The maximum atomic E-state index is 13.3. The number of benzene rings is 11. The summed E-state index contributed by atoms with van der Waals surface area (Å²) in [4.78, 5) is -3.25. The van der Waals surface area contributed by atoms with Crippen LogP contribution in [-0.2, 0) is 68.6 Å². The highest BCUT2D eigenvalue weighted by Gasteiger charge is 2.26. The highest BCUT2D eigenvalue weighted by atomic mass is 32.2. The first-order valence-corrected chi connectivity index (χ1v) is 37.5. The van der Waals surface area contributed by atoms with Gasteiger partial charge in [-0.25, -0.2) is 15.8 Å². The maximum absolute atomic E-state index is 13.3. The number of aryl methyl sites for hydroxylation is 1. The third-order valence-electron chi connectivity index (χ3n) is 14.9. The van der Waals surface area contributed by atoms with E-state index < -0.39 is 94.4 Å². The van der Waals surface area contributed by atoms with E-state index in [1.54, 1.807) is 36.4 Å². The molecule has 0 aliphatic carbocycles. The van der Waals surface area contributed by atoms with Crippen molar-refractivity contribution in [1.82, 2.24) is 0 Å². The molecule has 0 heterocycles. The molecule has 0 aliphatic heterocycles. The number of rotatable bonds is 29. The summed E-state index contributed by atoms with van der Waals surface area (Å²) in [5.74, 6) is -2.60. The Hall–Kier alpha value is -10.4. The van der Waals surface area contributed by atoms with Gasteiger partial charge in [-0.15, -0.1) is 48.8 Å². The van der Waals surface area contributed by atoms with Crippen molar-refractivity contribution in [2.75, 3.05) is 17.7 Å². The third kappa shape index (κ3) is 17.8. The minimum absolute atomic E-state index is 0.0167. The summed E-state index contributed by atoms with van der Waals surface area (Å²) in [5, 5.41) is 130. The summed E-state index contributed by atoms with van der Waals surface area (Å²) < 4.78 is 159. The van der Waals surface area contributed by atoms with Crippen LogP contribution >= 0.6 is 36.1 Å². The second-order valence-corrected chi connectivity index (χ2v) is 29.5. The Morgan fingerprint density at radius 1 is 0.425 bits per heavy atom. The zero-order valence-electron chi connectivity index (χ0n) is 53.0. The number of ether oxygens (including phenoxy) is 1.